The Bertz CT molecular complexity index is 667. The van der Waals surface area contributed by atoms with Crippen LogP contribution >= 0.6 is 0 Å². The molecule has 0 saturated heterocycles. The Kier molecular flexibility index (Phi) is 3.14. The number of ketones is 2. The molecule has 0 N–H and O–H groups in total. The summed E-state index contributed by atoms with van der Waals surface area (Å²) in [5, 5.41) is 0. The molecule has 0 aliphatic heterocycles. The van der Waals surface area contributed by atoms with Gasteiger partial charge in [-0.3, -0.25) is 9.59 Å². The third-order valence-corrected chi connectivity index (χ3v) is 7.61. The largest absolute Gasteiger partial charge is 0.300 e. The Balaban J connectivity index is 1.74. The molecular formula is C21H26O2. The van der Waals surface area contributed by atoms with Crippen LogP contribution in [0.25, 0.3) is 0 Å². The molecule has 0 amide bonds. The van der Waals surface area contributed by atoms with Gasteiger partial charge in [-0.05, 0) is 73.5 Å². The van der Waals surface area contributed by atoms with Crippen molar-refractivity contribution in [1.82, 2.24) is 0 Å². The molecule has 0 radical (unpaired) electrons. The van der Waals surface area contributed by atoms with Gasteiger partial charge in [0.25, 0.3) is 0 Å². The maximum absolute atomic E-state index is 12.1. The summed E-state index contributed by atoms with van der Waals surface area (Å²) < 4.78 is 0. The molecule has 4 rings (SSSR count). The number of carbonyl (C=O) groups is 2. The fraction of sp³-hybridized carbons (Fsp3) is 0.619. The molecule has 2 nitrogen and oxygen atoms in total. The molecule has 0 aromatic heterocycles. The molecule has 0 aromatic carbocycles. The summed E-state index contributed by atoms with van der Waals surface area (Å²) in [6.45, 7) is 6.43. The van der Waals surface area contributed by atoms with Crippen LogP contribution in [-0.2, 0) is 9.59 Å². The number of Topliss-reactive ketones (excluding diaryl/α,β-unsaturated/α-hetero) is 1. The Morgan fingerprint density at radius 2 is 1.91 bits per heavy atom. The zero-order valence-corrected chi connectivity index (χ0v) is 14.3. The lowest BCUT2D eigenvalue weighted by Crippen LogP contribution is -2.48. The molecule has 4 aliphatic carbocycles. The number of hydrogen-bond acceptors (Lipinski definition) is 2. The van der Waals surface area contributed by atoms with Crippen LogP contribution in [0.3, 0.4) is 0 Å². The second-order valence-electron chi connectivity index (χ2n) is 8.55. The molecule has 0 heterocycles. The van der Waals surface area contributed by atoms with E-state index in [-0.39, 0.29) is 22.5 Å². The van der Waals surface area contributed by atoms with Crippen molar-refractivity contribution in [2.75, 3.05) is 0 Å². The van der Waals surface area contributed by atoms with Crippen molar-refractivity contribution < 1.29 is 9.59 Å². The number of allylic oxidation sites excluding steroid dienone is 6. The van der Waals surface area contributed by atoms with Gasteiger partial charge in [-0.15, -0.1) is 0 Å². The number of hydrogen-bond donors (Lipinski definition) is 0. The smallest absolute Gasteiger partial charge is 0.178 e. The lowest BCUT2D eigenvalue weighted by atomic mass is 9.49. The summed E-state index contributed by atoms with van der Waals surface area (Å²) in [5.74, 6) is 2.44. The Hall–Kier alpha value is -1.44. The Morgan fingerprint density at radius 3 is 2.65 bits per heavy atom. The first kappa shape index (κ1) is 15.1. The topological polar surface area (TPSA) is 34.1 Å². The normalized spacial score (nSPS) is 47.6. The van der Waals surface area contributed by atoms with E-state index in [0.29, 0.717) is 23.5 Å². The third kappa shape index (κ3) is 1.93. The van der Waals surface area contributed by atoms with Gasteiger partial charge in [-0.1, -0.05) is 32.1 Å². The summed E-state index contributed by atoms with van der Waals surface area (Å²) in [6.07, 6.45) is 14.8. The van der Waals surface area contributed by atoms with E-state index in [1.807, 2.05) is 6.08 Å². The molecule has 0 aromatic rings. The van der Waals surface area contributed by atoms with E-state index in [1.165, 1.54) is 12.0 Å². The van der Waals surface area contributed by atoms with Gasteiger partial charge in [0, 0.05) is 11.3 Å². The van der Waals surface area contributed by atoms with Crippen LogP contribution in [0.4, 0.5) is 0 Å². The van der Waals surface area contributed by atoms with Gasteiger partial charge in [0.15, 0.2) is 5.78 Å². The van der Waals surface area contributed by atoms with Crippen molar-refractivity contribution in [3.8, 4) is 0 Å². The van der Waals surface area contributed by atoms with Crippen LogP contribution in [0.5, 0.6) is 0 Å². The third-order valence-electron chi connectivity index (χ3n) is 7.61. The average Bonchev–Trinajstić information content (AvgIpc) is 2.85. The molecule has 23 heavy (non-hydrogen) atoms. The van der Waals surface area contributed by atoms with Crippen molar-refractivity contribution in [2.24, 2.45) is 34.5 Å². The molecule has 4 aliphatic rings. The van der Waals surface area contributed by atoms with E-state index in [1.54, 1.807) is 13.0 Å². The summed E-state index contributed by atoms with van der Waals surface area (Å²) in [7, 11) is 0. The van der Waals surface area contributed by atoms with Gasteiger partial charge in [-0.2, -0.15) is 0 Å². The summed E-state index contributed by atoms with van der Waals surface area (Å²) in [6, 6.07) is 0. The van der Waals surface area contributed by atoms with Crippen molar-refractivity contribution in [3.05, 3.63) is 36.0 Å². The van der Waals surface area contributed by atoms with Crippen molar-refractivity contribution in [2.45, 2.75) is 46.5 Å². The number of fused-ring (bicyclic) bond motifs is 5. The van der Waals surface area contributed by atoms with Gasteiger partial charge < -0.3 is 0 Å². The fourth-order valence-electron chi connectivity index (χ4n) is 6.32. The molecule has 0 spiro atoms. The van der Waals surface area contributed by atoms with Gasteiger partial charge in [-0.25, -0.2) is 0 Å². The molecule has 2 fully saturated rings. The molecule has 2 saturated carbocycles. The van der Waals surface area contributed by atoms with E-state index >= 15 is 0 Å². The Labute approximate surface area is 138 Å². The summed E-state index contributed by atoms with van der Waals surface area (Å²) >= 11 is 0. The van der Waals surface area contributed by atoms with Crippen LogP contribution in [-0.4, -0.2) is 11.6 Å². The highest BCUT2D eigenvalue weighted by Gasteiger charge is 2.58. The summed E-state index contributed by atoms with van der Waals surface area (Å²) in [5.41, 5.74) is 1.34. The highest BCUT2D eigenvalue weighted by molar-refractivity contribution is 6.01. The first-order chi connectivity index (χ1) is 10.9. The second-order valence-corrected chi connectivity index (χ2v) is 8.55. The van der Waals surface area contributed by atoms with Crippen LogP contribution in [0, 0.1) is 34.5 Å². The van der Waals surface area contributed by atoms with Gasteiger partial charge in [0.2, 0.25) is 0 Å². The quantitative estimate of drug-likeness (QED) is 0.724. The highest BCUT2D eigenvalue weighted by atomic mass is 16.1. The van der Waals surface area contributed by atoms with Crippen LogP contribution in [0.2, 0.25) is 0 Å². The van der Waals surface area contributed by atoms with Gasteiger partial charge >= 0.3 is 0 Å². The minimum atomic E-state index is -0.0109. The summed E-state index contributed by atoms with van der Waals surface area (Å²) in [4.78, 5) is 23.9. The minimum Gasteiger partial charge on any atom is -0.300 e. The van der Waals surface area contributed by atoms with Gasteiger partial charge in [0.05, 0.1) is 0 Å². The van der Waals surface area contributed by atoms with E-state index in [9.17, 15) is 9.59 Å². The molecule has 2 heteroatoms. The SMILES string of the molecule is CC(=O)[C@H]1CC[C@H]2[C@@H]3C=CC4=CC(=O)C=C[C@@]4(C)[C@H]3CC[C@]12C. The minimum absolute atomic E-state index is 0.0109. The highest BCUT2D eigenvalue weighted by Crippen LogP contribution is 2.64. The molecule has 0 unspecified atom stereocenters. The fourth-order valence-corrected chi connectivity index (χ4v) is 6.32. The molecule has 122 valence electrons. The molecule has 6 atom stereocenters. The number of carbonyl (C=O) groups excluding carboxylic acids is 2. The average molecular weight is 310 g/mol. The van der Waals surface area contributed by atoms with Gasteiger partial charge in [0.1, 0.15) is 5.78 Å². The van der Waals surface area contributed by atoms with E-state index in [2.05, 4.69) is 32.1 Å². The number of rotatable bonds is 1. The van der Waals surface area contributed by atoms with E-state index in [4.69, 9.17) is 0 Å². The maximum atomic E-state index is 12.1. The first-order valence-electron chi connectivity index (χ1n) is 9.00. The predicted octanol–water partition coefficient (Wildman–Crippen LogP) is 4.28. The van der Waals surface area contributed by atoms with Crippen LogP contribution in [0.1, 0.15) is 46.5 Å². The van der Waals surface area contributed by atoms with Crippen molar-refractivity contribution in [3.63, 3.8) is 0 Å². The lowest BCUT2D eigenvalue weighted by Gasteiger charge is -2.54. The monoisotopic (exact) mass is 310 g/mol. The second kappa shape index (κ2) is 4.78. The van der Waals surface area contributed by atoms with Crippen LogP contribution in [0.15, 0.2) is 36.0 Å². The van der Waals surface area contributed by atoms with Crippen LogP contribution < -0.4 is 0 Å². The van der Waals surface area contributed by atoms with E-state index < -0.39 is 0 Å². The lowest BCUT2D eigenvalue weighted by molar-refractivity contribution is -0.126. The maximum Gasteiger partial charge on any atom is 0.178 e. The van der Waals surface area contributed by atoms with Crippen molar-refractivity contribution >= 4 is 11.6 Å². The zero-order chi connectivity index (χ0) is 16.4. The standard InChI is InChI=1S/C21H26O2/c1-13(22)17-6-7-18-16-5-4-14-12-15(23)8-10-20(14,2)19(16)9-11-21(17,18)3/h4-5,8,10,12,16-19H,6-7,9,11H2,1-3H3/t16-,17+,18-,19-,20+,21+/m0/s1. The zero-order valence-electron chi connectivity index (χ0n) is 14.3. The Morgan fingerprint density at radius 1 is 1.13 bits per heavy atom. The molecular weight excluding hydrogens is 284 g/mol. The van der Waals surface area contributed by atoms with Crippen molar-refractivity contribution in [1.29, 1.82) is 0 Å². The first-order valence-corrected chi connectivity index (χ1v) is 9.00. The predicted molar refractivity (Wildman–Crippen MR) is 90.7 cm³/mol. The van der Waals surface area contributed by atoms with E-state index in [0.717, 1.165) is 19.3 Å². The molecule has 0 bridgehead atoms.